The van der Waals surface area contributed by atoms with Gasteiger partial charge in [0.05, 0.1) is 0 Å². The minimum atomic E-state index is 0.329. The molecule has 2 rings (SSSR count). The van der Waals surface area contributed by atoms with Crippen LogP contribution in [0.5, 0.6) is 0 Å². The molecule has 4 heteroatoms. The molecule has 0 unspecified atom stereocenters. The van der Waals surface area contributed by atoms with Crippen LogP contribution in [0.3, 0.4) is 0 Å². The van der Waals surface area contributed by atoms with Crippen molar-refractivity contribution in [2.45, 2.75) is 19.8 Å². The Labute approximate surface area is 78.6 Å². The molecule has 0 atom stereocenters. The molecule has 0 aromatic carbocycles. The Bertz CT molecular complexity index is 199. The molecular formula is C9H16N4. The van der Waals surface area contributed by atoms with Gasteiger partial charge in [0.25, 0.3) is 0 Å². The highest BCUT2D eigenvalue weighted by molar-refractivity contribution is 5.15. The Morgan fingerprint density at radius 1 is 1.23 bits per heavy atom. The summed E-state index contributed by atoms with van der Waals surface area (Å²) in [6, 6.07) is 0. The van der Waals surface area contributed by atoms with Gasteiger partial charge in [0.1, 0.15) is 0 Å². The van der Waals surface area contributed by atoms with Gasteiger partial charge < -0.3 is 11.1 Å². The Balaban J connectivity index is 0.000000145. The summed E-state index contributed by atoms with van der Waals surface area (Å²) in [5.74, 6) is 0.329. The first kappa shape index (κ1) is 9.92. The molecule has 1 aromatic rings. The van der Waals surface area contributed by atoms with E-state index in [2.05, 4.69) is 15.3 Å². The number of hydrogen-bond donors (Lipinski definition) is 2. The molecule has 2 heterocycles. The number of rotatable bonds is 0. The lowest BCUT2D eigenvalue weighted by Crippen LogP contribution is -2.03. The Hall–Kier alpha value is -1.16. The zero-order valence-electron chi connectivity index (χ0n) is 7.95. The lowest BCUT2D eigenvalue weighted by atomic mass is 10.4. The number of anilines is 1. The Morgan fingerprint density at radius 2 is 1.77 bits per heavy atom. The van der Waals surface area contributed by atoms with Gasteiger partial charge in [-0.25, -0.2) is 9.97 Å². The van der Waals surface area contributed by atoms with E-state index >= 15 is 0 Å². The van der Waals surface area contributed by atoms with Gasteiger partial charge in [0.15, 0.2) is 0 Å². The van der Waals surface area contributed by atoms with Crippen LogP contribution in [0.2, 0.25) is 0 Å². The molecule has 1 saturated heterocycles. The summed E-state index contributed by atoms with van der Waals surface area (Å²) in [6.45, 7) is 4.42. The summed E-state index contributed by atoms with van der Waals surface area (Å²) in [5, 5.41) is 3.22. The van der Waals surface area contributed by atoms with Crippen molar-refractivity contribution in [1.29, 1.82) is 0 Å². The number of nitrogens with one attached hydrogen (secondary N) is 1. The van der Waals surface area contributed by atoms with Crippen molar-refractivity contribution in [3.05, 3.63) is 18.0 Å². The van der Waals surface area contributed by atoms with Gasteiger partial charge >= 0.3 is 0 Å². The topological polar surface area (TPSA) is 63.8 Å². The lowest BCUT2D eigenvalue weighted by Gasteiger charge is -1.88. The third kappa shape index (κ3) is 4.42. The molecule has 0 radical (unpaired) electrons. The highest BCUT2D eigenvalue weighted by Gasteiger charge is 1.93. The molecule has 0 bridgehead atoms. The van der Waals surface area contributed by atoms with Crippen molar-refractivity contribution in [2.75, 3.05) is 18.8 Å². The maximum atomic E-state index is 5.20. The predicted octanol–water partition coefficient (Wildman–Crippen LogP) is 0.737. The van der Waals surface area contributed by atoms with Crippen molar-refractivity contribution >= 4 is 5.95 Å². The second-order valence-electron chi connectivity index (χ2n) is 3.08. The van der Waals surface area contributed by atoms with Gasteiger partial charge in [-0.2, -0.15) is 0 Å². The molecule has 1 aliphatic rings. The van der Waals surface area contributed by atoms with E-state index in [0.717, 1.165) is 5.56 Å². The predicted molar refractivity (Wildman–Crippen MR) is 53.3 cm³/mol. The third-order valence-corrected chi connectivity index (χ3v) is 1.76. The van der Waals surface area contributed by atoms with Crippen molar-refractivity contribution < 1.29 is 0 Å². The fourth-order valence-corrected chi connectivity index (χ4v) is 1.03. The first-order valence-electron chi connectivity index (χ1n) is 4.54. The number of aryl methyl sites for hydroxylation is 1. The van der Waals surface area contributed by atoms with Crippen LogP contribution in [0.1, 0.15) is 18.4 Å². The van der Waals surface area contributed by atoms with E-state index in [1.54, 1.807) is 12.4 Å². The van der Waals surface area contributed by atoms with Gasteiger partial charge in [0, 0.05) is 12.4 Å². The molecule has 72 valence electrons. The first-order valence-corrected chi connectivity index (χ1v) is 4.54. The van der Waals surface area contributed by atoms with Crippen LogP contribution in [0.4, 0.5) is 5.95 Å². The van der Waals surface area contributed by atoms with E-state index in [1.165, 1.54) is 25.9 Å². The van der Waals surface area contributed by atoms with Gasteiger partial charge in [-0.3, -0.25) is 0 Å². The average Bonchev–Trinajstić information content (AvgIpc) is 2.68. The second-order valence-corrected chi connectivity index (χ2v) is 3.08. The van der Waals surface area contributed by atoms with E-state index in [1.807, 2.05) is 6.92 Å². The van der Waals surface area contributed by atoms with Crippen LogP contribution >= 0.6 is 0 Å². The SMILES string of the molecule is C1CCNC1.Cc1cnc(N)nc1. The molecule has 1 aromatic heterocycles. The van der Waals surface area contributed by atoms with Crippen molar-refractivity contribution in [1.82, 2.24) is 15.3 Å². The molecular weight excluding hydrogens is 164 g/mol. The molecule has 0 spiro atoms. The van der Waals surface area contributed by atoms with Crippen LogP contribution in [0.15, 0.2) is 12.4 Å². The van der Waals surface area contributed by atoms with E-state index in [0.29, 0.717) is 5.95 Å². The largest absolute Gasteiger partial charge is 0.368 e. The zero-order chi connectivity index (χ0) is 9.52. The number of nitrogen functional groups attached to an aromatic ring is 1. The van der Waals surface area contributed by atoms with E-state index in [9.17, 15) is 0 Å². The van der Waals surface area contributed by atoms with Gasteiger partial charge in [0.2, 0.25) is 5.95 Å². The van der Waals surface area contributed by atoms with Crippen LogP contribution in [-0.4, -0.2) is 23.1 Å². The number of nitrogens with zero attached hydrogens (tertiary/aromatic N) is 2. The summed E-state index contributed by atoms with van der Waals surface area (Å²) >= 11 is 0. The van der Waals surface area contributed by atoms with Crippen molar-refractivity contribution in [3.8, 4) is 0 Å². The molecule has 13 heavy (non-hydrogen) atoms. The Kier molecular flexibility index (Phi) is 4.18. The van der Waals surface area contributed by atoms with E-state index in [4.69, 9.17) is 5.73 Å². The molecule has 0 aliphatic carbocycles. The van der Waals surface area contributed by atoms with Crippen LogP contribution in [0, 0.1) is 6.92 Å². The van der Waals surface area contributed by atoms with Crippen molar-refractivity contribution in [2.24, 2.45) is 0 Å². The van der Waals surface area contributed by atoms with Gasteiger partial charge in [-0.15, -0.1) is 0 Å². The highest BCUT2D eigenvalue weighted by atomic mass is 15.0. The first-order chi connectivity index (χ1) is 6.29. The number of aromatic nitrogens is 2. The Morgan fingerprint density at radius 3 is 2.08 bits per heavy atom. The maximum absolute atomic E-state index is 5.20. The maximum Gasteiger partial charge on any atom is 0.219 e. The fraction of sp³-hybridized carbons (Fsp3) is 0.556. The molecule has 4 nitrogen and oxygen atoms in total. The molecule has 0 saturated carbocycles. The highest BCUT2D eigenvalue weighted by Crippen LogP contribution is 1.91. The van der Waals surface area contributed by atoms with Crippen LogP contribution in [0.25, 0.3) is 0 Å². The second kappa shape index (κ2) is 5.48. The van der Waals surface area contributed by atoms with E-state index < -0.39 is 0 Å². The monoisotopic (exact) mass is 180 g/mol. The van der Waals surface area contributed by atoms with Crippen LogP contribution < -0.4 is 11.1 Å². The minimum absolute atomic E-state index is 0.329. The fourth-order valence-electron chi connectivity index (χ4n) is 1.03. The average molecular weight is 180 g/mol. The molecule has 1 fully saturated rings. The van der Waals surface area contributed by atoms with Crippen LogP contribution in [-0.2, 0) is 0 Å². The lowest BCUT2D eigenvalue weighted by molar-refractivity contribution is 0.857. The van der Waals surface area contributed by atoms with Gasteiger partial charge in [-0.05, 0) is 38.4 Å². The minimum Gasteiger partial charge on any atom is -0.368 e. The number of hydrogen-bond acceptors (Lipinski definition) is 4. The molecule has 3 N–H and O–H groups in total. The number of nitrogens with two attached hydrogens (primary N) is 1. The summed E-state index contributed by atoms with van der Waals surface area (Å²) in [5.41, 5.74) is 6.23. The quantitative estimate of drug-likeness (QED) is 0.618. The standard InChI is InChI=1S/C5H7N3.C4H9N/c1-4-2-7-5(6)8-3-4;1-2-4-5-3-1/h2-3H,1H3,(H2,6,7,8);5H,1-4H2. The summed E-state index contributed by atoms with van der Waals surface area (Å²) in [7, 11) is 0. The van der Waals surface area contributed by atoms with Gasteiger partial charge in [-0.1, -0.05) is 0 Å². The summed E-state index contributed by atoms with van der Waals surface area (Å²) in [4.78, 5) is 7.49. The normalized spacial score (nSPS) is 14.8. The summed E-state index contributed by atoms with van der Waals surface area (Å²) in [6.07, 6.45) is 6.14. The molecule has 1 aliphatic heterocycles. The van der Waals surface area contributed by atoms with Crippen molar-refractivity contribution in [3.63, 3.8) is 0 Å². The zero-order valence-corrected chi connectivity index (χ0v) is 7.95. The smallest absolute Gasteiger partial charge is 0.219 e. The summed E-state index contributed by atoms with van der Waals surface area (Å²) < 4.78 is 0. The molecule has 0 amide bonds. The third-order valence-electron chi connectivity index (χ3n) is 1.76. The van der Waals surface area contributed by atoms with E-state index in [-0.39, 0.29) is 0 Å².